The van der Waals surface area contributed by atoms with E-state index < -0.39 is 16.0 Å². The van der Waals surface area contributed by atoms with Crippen molar-refractivity contribution in [3.8, 4) is 0 Å². The molecule has 20 heavy (non-hydrogen) atoms. The molecule has 2 heterocycles. The minimum absolute atomic E-state index is 0.125. The number of thiophene rings is 2. The minimum atomic E-state index is -3.79. The van der Waals surface area contributed by atoms with E-state index in [2.05, 4.69) is 4.72 Å². The summed E-state index contributed by atoms with van der Waals surface area (Å²) >= 11 is 2.48. The van der Waals surface area contributed by atoms with Crippen molar-refractivity contribution in [2.24, 2.45) is 0 Å². The summed E-state index contributed by atoms with van der Waals surface area (Å²) in [6, 6.07) is 1.93. The third kappa shape index (κ3) is 3.26. The second-order valence-corrected chi connectivity index (χ2v) is 7.52. The molecule has 0 spiro atoms. The SMILES string of the molecule is Cc1csc(C(=O)O)c1S(=O)(=O)NCCc1ccsc1. The summed E-state index contributed by atoms with van der Waals surface area (Å²) in [6.07, 6.45) is 0.578. The summed E-state index contributed by atoms with van der Waals surface area (Å²) in [4.78, 5) is 10.8. The molecule has 0 saturated heterocycles. The predicted molar refractivity (Wildman–Crippen MR) is 79.2 cm³/mol. The van der Waals surface area contributed by atoms with E-state index in [0.29, 0.717) is 12.0 Å². The van der Waals surface area contributed by atoms with Crippen molar-refractivity contribution < 1.29 is 18.3 Å². The fourth-order valence-electron chi connectivity index (χ4n) is 1.75. The van der Waals surface area contributed by atoms with Crippen LogP contribution >= 0.6 is 22.7 Å². The Morgan fingerprint density at radius 2 is 2.15 bits per heavy atom. The highest BCUT2D eigenvalue weighted by atomic mass is 32.2. The molecule has 0 aliphatic heterocycles. The maximum atomic E-state index is 12.2. The van der Waals surface area contributed by atoms with Crippen molar-refractivity contribution >= 4 is 38.7 Å². The molecule has 2 aromatic rings. The molecule has 0 aromatic carbocycles. The van der Waals surface area contributed by atoms with Crippen LogP contribution in [0.2, 0.25) is 0 Å². The number of rotatable bonds is 6. The Morgan fingerprint density at radius 3 is 2.75 bits per heavy atom. The predicted octanol–water partition coefficient (Wildman–Crippen LogP) is 2.34. The number of hydrogen-bond acceptors (Lipinski definition) is 5. The van der Waals surface area contributed by atoms with E-state index in [1.807, 2.05) is 16.8 Å². The molecule has 0 atom stereocenters. The first-order valence-electron chi connectivity index (χ1n) is 5.74. The van der Waals surface area contributed by atoms with E-state index in [1.165, 1.54) is 5.38 Å². The van der Waals surface area contributed by atoms with Gasteiger partial charge in [0.2, 0.25) is 10.0 Å². The zero-order chi connectivity index (χ0) is 14.8. The van der Waals surface area contributed by atoms with Crippen LogP contribution in [0.15, 0.2) is 27.1 Å². The molecule has 0 aliphatic rings. The number of carbonyl (C=O) groups is 1. The molecular weight excluding hydrogens is 318 g/mol. The maximum absolute atomic E-state index is 12.2. The van der Waals surface area contributed by atoms with Crippen molar-refractivity contribution in [1.29, 1.82) is 0 Å². The van der Waals surface area contributed by atoms with E-state index in [1.54, 1.807) is 18.3 Å². The Balaban J connectivity index is 2.14. The Kier molecular flexibility index (Phi) is 4.59. The Morgan fingerprint density at radius 1 is 1.40 bits per heavy atom. The van der Waals surface area contributed by atoms with E-state index in [-0.39, 0.29) is 16.3 Å². The Bertz CT molecular complexity index is 701. The average molecular weight is 331 g/mol. The third-order valence-electron chi connectivity index (χ3n) is 2.67. The van der Waals surface area contributed by atoms with E-state index in [4.69, 9.17) is 5.11 Å². The van der Waals surface area contributed by atoms with Crippen LogP contribution in [0.3, 0.4) is 0 Å². The van der Waals surface area contributed by atoms with Crippen molar-refractivity contribution in [3.63, 3.8) is 0 Å². The number of carboxylic acid groups (broad SMARTS) is 1. The van der Waals surface area contributed by atoms with Crippen LogP contribution in [0, 0.1) is 6.92 Å². The van der Waals surface area contributed by atoms with Gasteiger partial charge in [-0.2, -0.15) is 11.3 Å². The molecule has 0 aliphatic carbocycles. The lowest BCUT2D eigenvalue weighted by molar-refractivity contribution is 0.0698. The second kappa shape index (κ2) is 6.04. The molecule has 2 rings (SSSR count). The standard InChI is InChI=1S/C12H13NO4S3/c1-8-6-19-10(12(14)15)11(8)20(16,17)13-4-2-9-3-5-18-7-9/h3,5-7,13H,2,4H2,1H3,(H,14,15). The zero-order valence-electron chi connectivity index (χ0n) is 10.6. The van der Waals surface area contributed by atoms with Gasteiger partial charge in [-0.1, -0.05) is 0 Å². The van der Waals surface area contributed by atoms with Gasteiger partial charge in [0, 0.05) is 6.54 Å². The molecule has 0 amide bonds. The molecule has 5 nitrogen and oxygen atoms in total. The summed E-state index contributed by atoms with van der Waals surface area (Å²) in [5.41, 5.74) is 1.51. The highest BCUT2D eigenvalue weighted by molar-refractivity contribution is 7.89. The molecule has 2 N–H and O–H groups in total. The smallest absolute Gasteiger partial charge is 0.347 e. The van der Waals surface area contributed by atoms with Crippen LogP contribution in [0.4, 0.5) is 0 Å². The van der Waals surface area contributed by atoms with Crippen molar-refractivity contribution in [1.82, 2.24) is 4.72 Å². The van der Waals surface area contributed by atoms with Crippen molar-refractivity contribution in [3.05, 3.63) is 38.2 Å². The summed E-state index contributed by atoms with van der Waals surface area (Å²) < 4.78 is 26.9. The normalized spacial score (nSPS) is 11.7. The fourth-order valence-corrected chi connectivity index (χ4v) is 5.11. The van der Waals surface area contributed by atoms with Crippen LogP contribution in [0.1, 0.15) is 20.8 Å². The second-order valence-electron chi connectivity index (χ2n) is 4.16. The number of carboxylic acids is 1. The van der Waals surface area contributed by atoms with Gasteiger partial charge < -0.3 is 5.11 Å². The van der Waals surface area contributed by atoms with Crippen LogP contribution in [-0.4, -0.2) is 26.0 Å². The molecule has 0 radical (unpaired) electrons. The number of aromatic carboxylic acids is 1. The van der Waals surface area contributed by atoms with Crippen LogP contribution in [0.25, 0.3) is 0 Å². The number of hydrogen-bond donors (Lipinski definition) is 2. The van der Waals surface area contributed by atoms with E-state index in [9.17, 15) is 13.2 Å². The average Bonchev–Trinajstić information content (AvgIpc) is 2.98. The monoisotopic (exact) mass is 331 g/mol. The van der Waals surface area contributed by atoms with Gasteiger partial charge in [0.15, 0.2) is 0 Å². The van der Waals surface area contributed by atoms with Crippen molar-refractivity contribution in [2.45, 2.75) is 18.2 Å². The Labute approximate surface area is 124 Å². The van der Waals surface area contributed by atoms with Gasteiger partial charge in [-0.15, -0.1) is 11.3 Å². The number of sulfonamides is 1. The quantitative estimate of drug-likeness (QED) is 0.851. The maximum Gasteiger partial charge on any atom is 0.347 e. The first-order chi connectivity index (χ1) is 9.42. The molecule has 8 heteroatoms. The lowest BCUT2D eigenvalue weighted by Crippen LogP contribution is -2.27. The van der Waals surface area contributed by atoms with Crippen molar-refractivity contribution in [2.75, 3.05) is 6.54 Å². The van der Waals surface area contributed by atoms with Crippen LogP contribution in [0.5, 0.6) is 0 Å². The highest BCUT2D eigenvalue weighted by Crippen LogP contribution is 2.26. The minimum Gasteiger partial charge on any atom is -0.477 e. The van der Waals surface area contributed by atoms with Gasteiger partial charge >= 0.3 is 5.97 Å². The van der Waals surface area contributed by atoms with Gasteiger partial charge in [-0.25, -0.2) is 17.9 Å². The number of nitrogens with one attached hydrogen (secondary N) is 1. The molecule has 0 bridgehead atoms. The Hall–Kier alpha value is -1.22. The molecule has 2 aromatic heterocycles. The lowest BCUT2D eigenvalue weighted by Gasteiger charge is -2.07. The van der Waals surface area contributed by atoms with Gasteiger partial charge in [0.05, 0.1) is 0 Å². The molecule has 0 unspecified atom stereocenters. The molecule has 108 valence electrons. The van der Waals surface area contributed by atoms with E-state index in [0.717, 1.165) is 16.9 Å². The van der Waals surface area contributed by atoms with Crippen LogP contribution in [-0.2, 0) is 16.4 Å². The van der Waals surface area contributed by atoms with E-state index >= 15 is 0 Å². The highest BCUT2D eigenvalue weighted by Gasteiger charge is 2.26. The molecule has 0 saturated carbocycles. The fraction of sp³-hybridized carbons (Fsp3) is 0.250. The molecular formula is C12H13NO4S3. The van der Waals surface area contributed by atoms with Crippen LogP contribution < -0.4 is 4.72 Å². The summed E-state index contributed by atoms with van der Waals surface area (Å²) in [6.45, 7) is 1.84. The largest absolute Gasteiger partial charge is 0.477 e. The number of aryl methyl sites for hydroxylation is 1. The summed E-state index contributed by atoms with van der Waals surface area (Å²) in [5, 5.41) is 14.5. The first kappa shape index (κ1) is 15.2. The molecule has 0 fully saturated rings. The lowest BCUT2D eigenvalue weighted by atomic mass is 10.2. The van der Waals surface area contributed by atoms with Gasteiger partial charge in [-0.05, 0) is 46.7 Å². The van der Waals surface area contributed by atoms with Gasteiger partial charge in [0.1, 0.15) is 9.77 Å². The van der Waals surface area contributed by atoms with Gasteiger partial charge in [-0.3, -0.25) is 0 Å². The summed E-state index contributed by atoms with van der Waals surface area (Å²) in [7, 11) is -3.79. The topological polar surface area (TPSA) is 83.5 Å². The van der Waals surface area contributed by atoms with Gasteiger partial charge in [0.25, 0.3) is 0 Å². The zero-order valence-corrected chi connectivity index (χ0v) is 13.1. The first-order valence-corrected chi connectivity index (χ1v) is 9.04. The third-order valence-corrected chi connectivity index (χ3v) is 6.26. The summed E-state index contributed by atoms with van der Waals surface area (Å²) in [5.74, 6) is -1.22.